The monoisotopic (exact) mass is 822 g/mol. The second-order valence-corrected chi connectivity index (χ2v) is 16.6. The molecular weight excluding hydrogens is 768 g/mol. The maximum atomic E-state index is 14.5. The van der Waals surface area contributed by atoms with Gasteiger partial charge in [-0.15, -0.1) is 0 Å². The number of nitrogens with zero attached hydrogens (tertiary/aromatic N) is 1. The van der Waals surface area contributed by atoms with E-state index in [0.717, 1.165) is 6.08 Å². The topological polar surface area (TPSA) is 237 Å². The van der Waals surface area contributed by atoms with Gasteiger partial charge in [0.25, 0.3) is 11.7 Å². The van der Waals surface area contributed by atoms with Crippen molar-refractivity contribution in [3.8, 4) is 11.5 Å². The number of Topliss-reactive ketones (excluding diaryl/α,β-unsaturated/α-hetero) is 2. The minimum atomic E-state index is -2.03. The van der Waals surface area contributed by atoms with Gasteiger partial charge in [0, 0.05) is 67.7 Å². The summed E-state index contributed by atoms with van der Waals surface area (Å²) in [7, 11) is 1.42. The third-order valence-corrected chi connectivity index (χ3v) is 12.4. The highest BCUT2D eigenvalue weighted by Crippen LogP contribution is 2.49. The van der Waals surface area contributed by atoms with Gasteiger partial charge in [0.05, 0.1) is 59.3 Å². The van der Waals surface area contributed by atoms with Gasteiger partial charge >= 0.3 is 11.8 Å². The number of benzene rings is 1. The molecule has 7 rings (SSSR count). The van der Waals surface area contributed by atoms with Crippen molar-refractivity contribution in [1.29, 1.82) is 0 Å². The molecule has 2 aliphatic carbocycles. The summed E-state index contributed by atoms with van der Waals surface area (Å²) in [5, 5.41) is 47.2. The van der Waals surface area contributed by atoms with Crippen LogP contribution in [0.4, 0.5) is 0 Å². The number of hydrogen-bond donors (Lipinski definition) is 5. The standard InChI is InChI=1S/C43H54N2O14/c1-17-14-29(47)24-15-25(24)36(50)19(3)35(49)20(4)39(58-23(7)46)18(2)30(55-9)12-13-56-43(8)41(53)34-32-27(44-26-10-11-31(48)57-22(26)6)16-28(45-42(17)54)38(52)33(32)37(51)21(5)40(34)59-43/h12-14,16,18-20,22,24-26,30-31,35-36,39,48-51H,10-11,15H2,1-9H3,(H,45,54)/b13-12-,17-14-,44-27?/t18-,19-,20+,22-,24-,25-,26+,30-,31-,35-,36+,39-,43+/m1/s1. The number of phenols is 1. The number of rotatable bonds is 3. The number of phenolic OH excluding ortho intramolecular Hbond substituents is 1. The molecule has 320 valence electrons. The molecule has 13 atom stereocenters. The Labute approximate surface area is 342 Å². The van der Waals surface area contributed by atoms with E-state index in [0.29, 0.717) is 12.8 Å². The van der Waals surface area contributed by atoms with Gasteiger partial charge < -0.3 is 49.4 Å². The molecule has 1 aromatic rings. The van der Waals surface area contributed by atoms with Crippen molar-refractivity contribution in [2.75, 3.05) is 7.11 Å². The maximum Gasteiger partial charge on any atom is 0.312 e. The van der Waals surface area contributed by atoms with Gasteiger partial charge in [-0.1, -0.05) is 20.8 Å². The van der Waals surface area contributed by atoms with Crippen molar-refractivity contribution < 1.29 is 68.1 Å². The zero-order valence-electron chi connectivity index (χ0n) is 34.7. The molecule has 4 aliphatic heterocycles. The van der Waals surface area contributed by atoms with Crippen molar-refractivity contribution in [3.63, 3.8) is 0 Å². The molecule has 59 heavy (non-hydrogen) atoms. The van der Waals surface area contributed by atoms with E-state index in [1.807, 2.05) is 0 Å². The Bertz CT molecular complexity index is 2050. The first-order chi connectivity index (χ1) is 27.7. The first-order valence-corrected chi connectivity index (χ1v) is 20.0. The zero-order valence-corrected chi connectivity index (χ0v) is 34.7. The number of carbonyl (C=O) groups is 5. The number of fused-ring (bicyclic) bond motifs is 12. The highest BCUT2D eigenvalue weighted by molar-refractivity contribution is 6.32. The molecule has 1 saturated carbocycles. The Morgan fingerprint density at radius 2 is 1.64 bits per heavy atom. The third-order valence-electron chi connectivity index (χ3n) is 12.4. The van der Waals surface area contributed by atoms with E-state index in [4.69, 9.17) is 28.7 Å². The Kier molecular flexibility index (Phi) is 12.4. The highest BCUT2D eigenvalue weighted by atomic mass is 16.7. The molecule has 2 fully saturated rings. The summed E-state index contributed by atoms with van der Waals surface area (Å²) in [6, 6.07) is -0.576. The summed E-state index contributed by atoms with van der Waals surface area (Å²) in [5.74, 6) is -9.25. The predicted molar refractivity (Wildman–Crippen MR) is 209 cm³/mol. The number of aliphatic hydroxyl groups is 3. The predicted octanol–water partition coefficient (Wildman–Crippen LogP) is 3.14. The molecule has 4 heterocycles. The highest BCUT2D eigenvalue weighted by Gasteiger charge is 2.52. The quantitative estimate of drug-likeness (QED) is 0.276. The van der Waals surface area contributed by atoms with Gasteiger partial charge in [0.2, 0.25) is 5.78 Å². The molecule has 0 unspecified atom stereocenters. The summed E-state index contributed by atoms with van der Waals surface area (Å²) in [5.41, 5.74) is -0.683. The third kappa shape index (κ3) is 8.25. The smallest absolute Gasteiger partial charge is 0.312 e. The number of allylic oxidation sites excluding steroid dienone is 3. The van der Waals surface area contributed by atoms with E-state index in [1.165, 1.54) is 53.2 Å². The lowest BCUT2D eigenvalue weighted by Gasteiger charge is -2.37. The first kappa shape index (κ1) is 43.8. The second kappa shape index (κ2) is 16.7. The summed E-state index contributed by atoms with van der Waals surface area (Å²) < 4.78 is 29.3. The molecule has 16 heteroatoms. The Morgan fingerprint density at radius 1 is 0.949 bits per heavy atom. The molecule has 6 aliphatic rings. The molecule has 1 amide bonds. The number of methoxy groups -OCH3 is 1. The lowest BCUT2D eigenvalue weighted by atomic mass is 9.79. The molecule has 5 N–H and O–H groups in total. The van der Waals surface area contributed by atoms with E-state index in [2.05, 4.69) is 5.32 Å². The van der Waals surface area contributed by atoms with Crippen molar-refractivity contribution in [3.05, 3.63) is 58.0 Å². The average Bonchev–Trinajstić information content (AvgIpc) is 3.94. The van der Waals surface area contributed by atoms with Crippen molar-refractivity contribution in [2.45, 2.75) is 123 Å². The summed E-state index contributed by atoms with van der Waals surface area (Å²) in [4.78, 5) is 73.1. The number of carbonyl (C=O) groups excluding carboxylic acids is 5. The summed E-state index contributed by atoms with van der Waals surface area (Å²) in [6.45, 7) is 12.2. The van der Waals surface area contributed by atoms with E-state index in [9.17, 15) is 44.4 Å². The van der Waals surface area contributed by atoms with Crippen LogP contribution in [0.25, 0.3) is 0 Å². The maximum absolute atomic E-state index is 14.5. The van der Waals surface area contributed by atoms with Gasteiger partial charge in [-0.05, 0) is 57.8 Å². The van der Waals surface area contributed by atoms with Gasteiger partial charge in [-0.25, -0.2) is 0 Å². The molecular formula is C43H54N2O14. The van der Waals surface area contributed by atoms with E-state index < -0.39 is 113 Å². The number of aromatic hydroxyl groups is 1. The minimum absolute atomic E-state index is 0.0441. The zero-order chi connectivity index (χ0) is 43.4. The second-order valence-electron chi connectivity index (χ2n) is 16.6. The molecule has 1 aromatic carbocycles. The SMILES string of the molecule is CO[C@@H]1/C=C\O[C@@]2(C)Oc3c(C)c(O)c4c(c3C2=O)C(=N[C@H]2CC[C@H](O)O[C@@H]2C)C=C(NC(=O)/C(C)=C\C(=O)[C@@H]2C[C@H]2[C@@H](O)[C@H](C)[C@@H](O)[C@H](C)[C@H](OC(C)=O)[C@@H]1C)C4=O. The Balaban J connectivity index is 1.48. The van der Waals surface area contributed by atoms with Crippen molar-refractivity contribution in [2.24, 2.45) is 34.6 Å². The van der Waals surface area contributed by atoms with E-state index >= 15 is 0 Å². The summed E-state index contributed by atoms with van der Waals surface area (Å²) in [6.07, 6.45) is 0.385. The van der Waals surface area contributed by atoms with Gasteiger partial charge in [-0.3, -0.25) is 29.0 Å². The number of ketones is 3. The number of aliphatic imine (C=N–C) groups is 1. The van der Waals surface area contributed by atoms with Crippen LogP contribution >= 0.6 is 0 Å². The van der Waals surface area contributed by atoms with Crippen LogP contribution in [0.2, 0.25) is 0 Å². The van der Waals surface area contributed by atoms with Crippen LogP contribution in [0.1, 0.15) is 99.6 Å². The molecule has 0 radical (unpaired) electrons. The van der Waals surface area contributed by atoms with Gasteiger partial charge in [-0.2, -0.15) is 0 Å². The fourth-order valence-corrected chi connectivity index (χ4v) is 8.69. The lowest BCUT2D eigenvalue weighted by molar-refractivity contribution is -0.162. The fourth-order valence-electron chi connectivity index (χ4n) is 8.69. The molecule has 16 nitrogen and oxygen atoms in total. The largest absolute Gasteiger partial charge is 0.507 e. The van der Waals surface area contributed by atoms with E-state index in [1.54, 1.807) is 27.7 Å². The van der Waals surface area contributed by atoms with Crippen LogP contribution in [0.3, 0.4) is 0 Å². The van der Waals surface area contributed by atoms with Crippen LogP contribution in [-0.4, -0.2) is 111 Å². The Morgan fingerprint density at radius 3 is 2.29 bits per heavy atom. The fraction of sp³-hybridized carbons (Fsp3) is 0.581. The molecule has 5 bridgehead atoms. The Hall–Kier alpha value is -4.74. The van der Waals surface area contributed by atoms with Crippen LogP contribution in [0.5, 0.6) is 11.5 Å². The number of aliphatic hydroxyl groups excluding tert-OH is 3. The van der Waals surface area contributed by atoms with Crippen LogP contribution in [-0.2, 0) is 33.3 Å². The van der Waals surface area contributed by atoms with Crippen LogP contribution < -0.4 is 10.1 Å². The number of hydrogen-bond acceptors (Lipinski definition) is 15. The number of amides is 1. The summed E-state index contributed by atoms with van der Waals surface area (Å²) >= 11 is 0. The van der Waals surface area contributed by atoms with Crippen molar-refractivity contribution in [1.82, 2.24) is 5.32 Å². The van der Waals surface area contributed by atoms with E-state index in [-0.39, 0.29) is 51.4 Å². The number of nitrogens with one attached hydrogen (secondary N) is 1. The van der Waals surface area contributed by atoms with Crippen molar-refractivity contribution >= 4 is 34.9 Å². The average molecular weight is 823 g/mol. The van der Waals surface area contributed by atoms with Gasteiger partial charge in [0.1, 0.15) is 17.6 Å². The number of ether oxygens (including phenoxy) is 5. The molecule has 0 spiro atoms. The van der Waals surface area contributed by atoms with Crippen LogP contribution in [0, 0.1) is 36.5 Å². The molecule has 0 aromatic heterocycles. The molecule has 1 saturated heterocycles. The van der Waals surface area contributed by atoms with Crippen LogP contribution in [0.15, 0.2) is 40.8 Å². The first-order valence-electron chi connectivity index (χ1n) is 20.0. The number of esters is 1. The van der Waals surface area contributed by atoms with Gasteiger partial charge in [0.15, 0.2) is 12.1 Å². The lowest BCUT2D eigenvalue weighted by Crippen LogP contribution is -2.46. The normalized spacial score (nSPS) is 38.6. The minimum Gasteiger partial charge on any atom is -0.507 e.